The van der Waals surface area contributed by atoms with Gasteiger partial charge in [0.25, 0.3) is 0 Å². The van der Waals surface area contributed by atoms with E-state index >= 15 is 0 Å². The molecule has 7 heteroatoms. The summed E-state index contributed by atoms with van der Waals surface area (Å²) in [6, 6.07) is 3.18. The van der Waals surface area contributed by atoms with Gasteiger partial charge in [-0.2, -0.15) is 0 Å². The molecular formula is C12H16Br2N2O2S. The molecule has 0 amide bonds. The third-order valence-electron chi connectivity index (χ3n) is 3.33. The van der Waals surface area contributed by atoms with E-state index in [2.05, 4.69) is 36.6 Å². The van der Waals surface area contributed by atoms with Crippen molar-refractivity contribution in [2.75, 3.05) is 12.3 Å². The second-order valence-electron chi connectivity index (χ2n) is 4.82. The molecule has 19 heavy (non-hydrogen) atoms. The lowest BCUT2D eigenvalue weighted by Gasteiger charge is -2.14. The minimum Gasteiger partial charge on any atom is -0.399 e. The Morgan fingerprint density at radius 2 is 1.74 bits per heavy atom. The molecule has 0 heterocycles. The Balaban J connectivity index is 2.19. The third kappa shape index (κ3) is 3.71. The van der Waals surface area contributed by atoms with Crippen LogP contribution in [0.4, 0.5) is 5.69 Å². The minimum absolute atomic E-state index is 0.208. The summed E-state index contributed by atoms with van der Waals surface area (Å²) in [5.74, 6) is 0.459. The molecule has 106 valence electrons. The van der Waals surface area contributed by atoms with Crippen LogP contribution in [0, 0.1) is 5.92 Å². The number of nitrogens with two attached hydrogens (primary N) is 1. The van der Waals surface area contributed by atoms with E-state index in [1.165, 1.54) is 12.8 Å². The highest BCUT2D eigenvalue weighted by molar-refractivity contribution is 9.11. The molecule has 1 aromatic rings. The van der Waals surface area contributed by atoms with Gasteiger partial charge in [-0.15, -0.1) is 0 Å². The van der Waals surface area contributed by atoms with Crippen molar-refractivity contribution in [3.63, 3.8) is 0 Å². The van der Waals surface area contributed by atoms with Gasteiger partial charge in [-0.3, -0.25) is 0 Å². The van der Waals surface area contributed by atoms with E-state index in [4.69, 9.17) is 5.73 Å². The average molecular weight is 412 g/mol. The second-order valence-corrected chi connectivity index (χ2v) is 8.23. The van der Waals surface area contributed by atoms with Crippen LogP contribution in [0.25, 0.3) is 0 Å². The summed E-state index contributed by atoms with van der Waals surface area (Å²) in [5.41, 5.74) is 6.18. The van der Waals surface area contributed by atoms with E-state index in [1.54, 1.807) is 12.1 Å². The summed E-state index contributed by atoms with van der Waals surface area (Å²) in [5, 5.41) is 0. The molecule has 1 aliphatic rings. The van der Waals surface area contributed by atoms with Gasteiger partial charge in [-0.25, -0.2) is 13.1 Å². The van der Waals surface area contributed by atoms with E-state index in [0.717, 1.165) is 12.8 Å². The zero-order chi connectivity index (χ0) is 14.0. The van der Waals surface area contributed by atoms with Crippen molar-refractivity contribution in [1.82, 2.24) is 4.72 Å². The Morgan fingerprint density at radius 3 is 2.26 bits per heavy atom. The molecular weight excluding hydrogens is 396 g/mol. The molecule has 0 atom stereocenters. The molecule has 0 bridgehead atoms. The number of sulfonamides is 1. The molecule has 0 radical (unpaired) electrons. The first kappa shape index (κ1) is 15.3. The smallest absolute Gasteiger partial charge is 0.242 e. The van der Waals surface area contributed by atoms with Crippen molar-refractivity contribution in [3.8, 4) is 0 Å². The van der Waals surface area contributed by atoms with Crippen molar-refractivity contribution in [2.24, 2.45) is 5.92 Å². The molecule has 1 saturated carbocycles. The summed E-state index contributed by atoms with van der Waals surface area (Å²) in [6.07, 6.45) is 4.60. The zero-order valence-electron chi connectivity index (χ0n) is 10.3. The lowest BCUT2D eigenvalue weighted by molar-refractivity contribution is 0.519. The van der Waals surface area contributed by atoms with Crippen molar-refractivity contribution in [2.45, 2.75) is 30.6 Å². The number of nitrogen functional groups attached to an aromatic ring is 1. The van der Waals surface area contributed by atoms with E-state index < -0.39 is 10.0 Å². The predicted molar refractivity (Wildman–Crippen MR) is 83.4 cm³/mol. The van der Waals surface area contributed by atoms with Crippen LogP contribution in [-0.2, 0) is 10.0 Å². The van der Waals surface area contributed by atoms with Gasteiger partial charge in [-0.1, -0.05) is 12.8 Å². The van der Waals surface area contributed by atoms with Crippen molar-refractivity contribution in [1.29, 1.82) is 0 Å². The van der Waals surface area contributed by atoms with Crippen LogP contribution < -0.4 is 10.5 Å². The van der Waals surface area contributed by atoms with Gasteiger partial charge in [0.15, 0.2) is 0 Å². The molecule has 1 aromatic carbocycles. The molecule has 2 rings (SSSR count). The van der Waals surface area contributed by atoms with Gasteiger partial charge in [0, 0.05) is 21.2 Å². The molecule has 4 nitrogen and oxygen atoms in total. The Kier molecular flexibility index (Phi) is 4.92. The first-order valence-electron chi connectivity index (χ1n) is 6.14. The molecule has 0 spiro atoms. The fourth-order valence-electron chi connectivity index (χ4n) is 2.35. The number of rotatable bonds is 4. The molecule has 1 aliphatic carbocycles. The highest BCUT2D eigenvalue weighted by atomic mass is 79.9. The maximum absolute atomic E-state index is 12.3. The van der Waals surface area contributed by atoms with Crippen LogP contribution in [0.15, 0.2) is 26.0 Å². The van der Waals surface area contributed by atoms with Crippen LogP contribution in [-0.4, -0.2) is 15.0 Å². The monoisotopic (exact) mass is 410 g/mol. The molecule has 1 fully saturated rings. The van der Waals surface area contributed by atoms with E-state index in [1.807, 2.05) is 0 Å². The van der Waals surface area contributed by atoms with Crippen LogP contribution in [0.3, 0.4) is 0 Å². The topological polar surface area (TPSA) is 72.2 Å². The van der Waals surface area contributed by atoms with Crippen molar-refractivity contribution in [3.05, 3.63) is 21.1 Å². The molecule has 3 N–H and O–H groups in total. The minimum atomic E-state index is -3.53. The second kappa shape index (κ2) is 6.11. The first-order valence-corrected chi connectivity index (χ1v) is 9.21. The highest BCUT2D eigenvalue weighted by Gasteiger charge is 2.24. The fourth-order valence-corrected chi connectivity index (χ4v) is 6.08. The standard InChI is InChI=1S/C12H16Br2N2O2S/c13-10-5-9(15)6-11(14)12(10)19(17,18)16-7-8-3-1-2-4-8/h5-6,8,16H,1-4,7,15H2. The van der Waals surface area contributed by atoms with Gasteiger partial charge in [0.1, 0.15) is 4.90 Å². The lowest BCUT2D eigenvalue weighted by Crippen LogP contribution is -2.29. The number of halogens is 2. The van der Waals surface area contributed by atoms with Gasteiger partial charge < -0.3 is 5.73 Å². The lowest BCUT2D eigenvalue weighted by atomic mass is 10.1. The van der Waals surface area contributed by atoms with E-state index in [9.17, 15) is 8.42 Å². The molecule has 0 aliphatic heterocycles. The normalized spacial score (nSPS) is 16.9. The molecule has 0 aromatic heterocycles. The Morgan fingerprint density at radius 1 is 1.21 bits per heavy atom. The maximum atomic E-state index is 12.3. The van der Waals surface area contributed by atoms with Crippen LogP contribution >= 0.6 is 31.9 Å². The predicted octanol–water partition coefficient (Wildman–Crippen LogP) is 3.26. The molecule has 0 saturated heterocycles. The number of benzene rings is 1. The largest absolute Gasteiger partial charge is 0.399 e. The summed E-state index contributed by atoms with van der Waals surface area (Å²) in [6.45, 7) is 0.506. The van der Waals surface area contributed by atoms with Gasteiger partial charge in [0.05, 0.1) is 0 Å². The quantitative estimate of drug-likeness (QED) is 0.746. The fraction of sp³-hybridized carbons (Fsp3) is 0.500. The van der Waals surface area contributed by atoms with Crippen LogP contribution in [0.5, 0.6) is 0 Å². The molecule has 0 unspecified atom stereocenters. The number of anilines is 1. The van der Waals surface area contributed by atoms with Crippen molar-refractivity contribution >= 4 is 47.6 Å². The zero-order valence-corrected chi connectivity index (χ0v) is 14.3. The van der Waals surface area contributed by atoms with E-state index in [-0.39, 0.29) is 4.90 Å². The average Bonchev–Trinajstić information content (AvgIpc) is 2.77. The first-order chi connectivity index (χ1) is 8.90. The van der Waals surface area contributed by atoms with Crippen LogP contribution in [0.2, 0.25) is 0 Å². The Bertz CT molecular complexity index is 546. The number of nitrogens with one attached hydrogen (secondary N) is 1. The SMILES string of the molecule is Nc1cc(Br)c(S(=O)(=O)NCC2CCCC2)c(Br)c1. The highest BCUT2D eigenvalue weighted by Crippen LogP contribution is 2.32. The maximum Gasteiger partial charge on any atom is 0.242 e. The summed E-state index contributed by atoms with van der Waals surface area (Å²) in [7, 11) is -3.53. The summed E-state index contributed by atoms with van der Waals surface area (Å²) in [4.78, 5) is 0.208. The van der Waals surface area contributed by atoms with E-state index in [0.29, 0.717) is 27.1 Å². The summed E-state index contributed by atoms with van der Waals surface area (Å²) >= 11 is 6.52. The Labute approximate surface area is 130 Å². The van der Waals surface area contributed by atoms with Gasteiger partial charge in [0.2, 0.25) is 10.0 Å². The van der Waals surface area contributed by atoms with Gasteiger partial charge >= 0.3 is 0 Å². The van der Waals surface area contributed by atoms with Gasteiger partial charge in [-0.05, 0) is 62.8 Å². The summed E-state index contributed by atoms with van der Waals surface area (Å²) < 4.78 is 28.3. The third-order valence-corrected chi connectivity index (χ3v) is 6.63. The number of hydrogen-bond donors (Lipinski definition) is 2. The Hall–Kier alpha value is -0.110. The number of hydrogen-bond acceptors (Lipinski definition) is 3. The van der Waals surface area contributed by atoms with Crippen LogP contribution in [0.1, 0.15) is 25.7 Å². The van der Waals surface area contributed by atoms with Crippen molar-refractivity contribution < 1.29 is 8.42 Å².